The zero-order valence-electron chi connectivity index (χ0n) is 2.21. The second kappa shape index (κ2) is 134. The molecule has 0 heterocycles. The molecule has 5 heteroatoms. The first-order valence-corrected chi connectivity index (χ1v) is 0. The van der Waals surface area contributed by atoms with Gasteiger partial charge in [-0.1, -0.05) is 0 Å². The summed E-state index contributed by atoms with van der Waals surface area (Å²) in [5.41, 5.74) is 0. The van der Waals surface area contributed by atoms with Gasteiger partial charge >= 0.3 is 0 Å². The molecular weight excluding hydrogens is 147 g/mol. The van der Waals surface area contributed by atoms with Crippen LogP contribution in [0.1, 0.15) is 0 Å². The van der Waals surface area contributed by atoms with Crippen molar-refractivity contribution in [3.8, 4) is 0 Å². The Morgan fingerprint density at radius 1 is 0.600 bits per heavy atom. The third kappa shape index (κ3) is 71.4. The van der Waals surface area contributed by atoms with E-state index in [9.17, 15) is 0 Å². The van der Waals surface area contributed by atoms with E-state index in [-0.39, 0.29) is 45.9 Å². The van der Waals surface area contributed by atoms with Gasteiger partial charge in [0.15, 0.2) is 0 Å². The maximum absolute atomic E-state index is 0. The van der Waals surface area contributed by atoms with Crippen LogP contribution < -0.4 is 0 Å². The maximum Gasteiger partial charge on any atom is 0 e. The van der Waals surface area contributed by atoms with Crippen molar-refractivity contribution in [1.82, 2.24) is 0 Å². The van der Waals surface area contributed by atoms with Gasteiger partial charge < -0.3 is 16.4 Å². The molecule has 0 amide bonds. The predicted octanol–water partition coefficient (Wildman–Crippen LogP) is -2.05. The second-order valence-electron chi connectivity index (χ2n) is 0. The summed E-state index contributed by atoms with van der Waals surface area (Å²) in [6, 6.07) is 0. The number of hydrogen-bond donors (Lipinski definition) is 0. The van der Waals surface area contributed by atoms with Gasteiger partial charge in [-0.3, -0.25) is 0 Å². The van der Waals surface area contributed by atoms with Gasteiger partial charge in [0.25, 0.3) is 0 Å². The Labute approximate surface area is 46.6 Å². The Morgan fingerprint density at radius 3 is 0.600 bits per heavy atom. The molecule has 0 fully saturated rings. The van der Waals surface area contributed by atoms with Gasteiger partial charge in [-0.15, -0.1) is 12.4 Å². The van der Waals surface area contributed by atoms with E-state index in [0.29, 0.717) is 0 Å². The SMILES string of the molecule is Cl.O.O.O.[Cu]. The van der Waals surface area contributed by atoms with Crippen LogP contribution in [-0.2, 0) is 17.1 Å². The fourth-order valence-corrected chi connectivity index (χ4v) is 0. The zero-order valence-corrected chi connectivity index (χ0v) is 3.97. The van der Waals surface area contributed by atoms with E-state index in [1.807, 2.05) is 0 Å². The van der Waals surface area contributed by atoms with Crippen molar-refractivity contribution in [2.75, 3.05) is 0 Å². The van der Waals surface area contributed by atoms with E-state index in [1.165, 1.54) is 0 Å². The number of hydrogen-bond acceptors (Lipinski definition) is 0. The Hall–Kier alpha value is 0.689. The van der Waals surface area contributed by atoms with Gasteiger partial charge in [0, 0.05) is 17.1 Å². The van der Waals surface area contributed by atoms with Gasteiger partial charge in [-0.2, -0.15) is 0 Å². The molecule has 0 aromatic carbocycles. The fourth-order valence-electron chi connectivity index (χ4n) is 0. The van der Waals surface area contributed by atoms with Gasteiger partial charge in [0.05, 0.1) is 0 Å². The first kappa shape index (κ1) is 263. The molecule has 0 atom stereocenters. The minimum atomic E-state index is 0. The molecule has 0 aliphatic carbocycles. The van der Waals surface area contributed by atoms with Crippen LogP contribution in [0.3, 0.4) is 0 Å². The third-order valence-electron chi connectivity index (χ3n) is 0. The van der Waals surface area contributed by atoms with Crippen LogP contribution in [0.5, 0.6) is 0 Å². The van der Waals surface area contributed by atoms with Crippen LogP contribution in [0.15, 0.2) is 0 Å². The van der Waals surface area contributed by atoms with Crippen molar-refractivity contribution in [3.63, 3.8) is 0 Å². The molecule has 43 valence electrons. The molecular formula is H7ClCuO3. The van der Waals surface area contributed by atoms with Crippen LogP contribution in [0, 0.1) is 0 Å². The first-order chi connectivity index (χ1) is 0. The third-order valence-corrected chi connectivity index (χ3v) is 0. The van der Waals surface area contributed by atoms with Crippen LogP contribution in [0.2, 0.25) is 0 Å². The van der Waals surface area contributed by atoms with E-state index in [0.717, 1.165) is 0 Å². The van der Waals surface area contributed by atoms with E-state index < -0.39 is 0 Å². The monoisotopic (exact) mass is 153 g/mol. The molecule has 0 saturated carbocycles. The Bertz CT molecular complexity index is 6.85. The van der Waals surface area contributed by atoms with Crippen LogP contribution >= 0.6 is 12.4 Å². The Morgan fingerprint density at radius 2 is 0.600 bits per heavy atom. The Balaban J connectivity index is 0. The van der Waals surface area contributed by atoms with Crippen LogP contribution in [0.4, 0.5) is 0 Å². The summed E-state index contributed by atoms with van der Waals surface area (Å²) in [5.74, 6) is 0. The summed E-state index contributed by atoms with van der Waals surface area (Å²) in [6.45, 7) is 0. The largest absolute Gasteiger partial charge is 0.412 e. The molecule has 0 aromatic heterocycles. The molecule has 0 aromatic rings. The van der Waals surface area contributed by atoms with Crippen molar-refractivity contribution in [3.05, 3.63) is 0 Å². The molecule has 0 aliphatic heterocycles. The molecule has 1 radical (unpaired) electrons. The van der Waals surface area contributed by atoms with Crippen molar-refractivity contribution >= 4 is 12.4 Å². The minimum Gasteiger partial charge on any atom is -0.412 e. The molecule has 0 unspecified atom stereocenters. The summed E-state index contributed by atoms with van der Waals surface area (Å²) >= 11 is 0. The average molecular weight is 154 g/mol. The number of halogens is 1. The Kier molecular flexibility index (Phi) is 7070. The van der Waals surface area contributed by atoms with Gasteiger partial charge in [0.1, 0.15) is 0 Å². The molecule has 6 N–H and O–H groups in total. The summed E-state index contributed by atoms with van der Waals surface area (Å²) in [6.07, 6.45) is 0. The molecule has 5 heavy (non-hydrogen) atoms. The molecule has 0 bridgehead atoms. The van der Waals surface area contributed by atoms with E-state index >= 15 is 0 Å². The van der Waals surface area contributed by atoms with E-state index in [2.05, 4.69) is 0 Å². The molecule has 3 nitrogen and oxygen atoms in total. The normalized spacial score (nSPS) is 0. The van der Waals surface area contributed by atoms with Crippen molar-refractivity contribution < 1.29 is 33.5 Å². The molecule has 0 rings (SSSR count). The average Bonchev–Trinajstić information content (AvgIpc) is 0. The minimum absolute atomic E-state index is 0. The van der Waals surface area contributed by atoms with Gasteiger partial charge in [0.2, 0.25) is 0 Å². The smallest absolute Gasteiger partial charge is 0 e. The zero-order chi connectivity index (χ0) is 0. The predicted molar refractivity (Wildman–Crippen MR) is 18.1 cm³/mol. The van der Waals surface area contributed by atoms with E-state index in [1.54, 1.807) is 0 Å². The maximum atomic E-state index is 0. The molecule has 0 saturated heterocycles. The summed E-state index contributed by atoms with van der Waals surface area (Å²) in [7, 11) is 0. The summed E-state index contributed by atoms with van der Waals surface area (Å²) < 4.78 is 0. The van der Waals surface area contributed by atoms with Crippen molar-refractivity contribution in [2.45, 2.75) is 0 Å². The molecule has 0 spiro atoms. The number of rotatable bonds is 0. The summed E-state index contributed by atoms with van der Waals surface area (Å²) in [4.78, 5) is 0. The van der Waals surface area contributed by atoms with Crippen LogP contribution in [-0.4, -0.2) is 16.4 Å². The second-order valence-corrected chi connectivity index (χ2v) is 0. The summed E-state index contributed by atoms with van der Waals surface area (Å²) in [5, 5.41) is 0. The quantitative estimate of drug-likeness (QED) is 0.359. The van der Waals surface area contributed by atoms with Crippen molar-refractivity contribution in [1.29, 1.82) is 0 Å². The van der Waals surface area contributed by atoms with Crippen LogP contribution in [0.25, 0.3) is 0 Å². The molecule has 0 aliphatic rings. The van der Waals surface area contributed by atoms with E-state index in [4.69, 9.17) is 0 Å². The van der Waals surface area contributed by atoms with Gasteiger partial charge in [-0.05, 0) is 0 Å². The standard InChI is InChI=1S/ClH.Cu.3H2O/h1H;;3*1H2. The first-order valence-electron chi connectivity index (χ1n) is 0. The topological polar surface area (TPSA) is 94.5 Å². The van der Waals surface area contributed by atoms with Gasteiger partial charge in [-0.25, -0.2) is 0 Å². The fraction of sp³-hybridized carbons (Fsp3) is 0. The van der Waals surface area contributed by atoms with Crippen molar-refractivity contribution in [2.24, 2.45) is 0 Å².